The fourth-order valence-corrected chi connectivity index (χ4v) is 9.69. The van der Waals surface area contributed by atoms with Crippen LogP contribution in [0.15, 0.2) is 53.4 Å². The van der Waals surface area contributed by atoms with Gasteiger partial charge in [-0.25, -0.2) is 18.2 Å². The molecule has 1 amide bonds. The molecule has 15 heteroatoms. The number of sulfonamides is 1. The lowest BCUT2D eigenvalue weighted by Gasteiger charge is -2.31. The Balaban J connectivity index is 1.17. The number of ether oxygens (including phenoxy) is 4. The lowest BCUT2D eigenvalue weighted by Crippen LogP contribution is -2.52. The molecule has 4 N–H and O–H groups in total. The fourth-order valence-electron chi connectivity index (χ4n) is 6.98. The van der Waals surface area contributed by atoms with Gasteiger partial charge in [0.25, 0.3) is 0 Å². The molecule has 0 aliphatic carbocycles. The summed E-state index contributed by atoms with van der Waals surface area (Å²) in [5.74, 6) is 0.241. The molecule has 3 aromatic rings. The molecule has 0 spiro atoms. The van der Waals surface area contributed by atoms with Crippen molar-refractivity contribution in [3.63, 3.8) is 0 Å². The summed E-state index contributed by atoms with van der Waals surface area (Å²) in [4.78, 5) is 18.3. The molecule has 0 saturated carbocycles. The highest BCUT2D eigenvalue weighted by atomic mass is 32.2. The Morgan fingerprint density at radius 3 is 2.52 bits per heavy atom. The van der Waals surface area contributed by atoms with Crippen LogP contribution in [0.4, 0.5) is 9.93 Å². The van der Waals surface area contributed by atoms with Gasteiger partial charge in [0.05, 0.1) is 46.4 Å². The van der Waals surface area contributed by atoms with Crippen molar-refractivity contribution in [2.24, 2.45) is 17.8 Å². The standard InChI is InChI=1S/C37H53N5O8S2/c1-23(2)18-38-30-21-48-35-34(30)32(22-49-35)50-37(44)41-29(16-25-8-6-5-7-9-25)31(43)20-42(19-24(3)4)52(45,46)27-10-11-28-33(17-27)51-36(40-28)39-26-12-14-47-15-13-26/h5-11,17,23-24,26,29-32,34-35,38,43H,12-16,18-22H2,1-4H3,(H,39,40)(H,41,44)/t29-,30-,31+,32-,34-,35+/m0/s1. The minimum absolute atomic E-state index is 0.0211. The Labute approximate surface area is 310 Å². The van der Waals surface area contributed by atoms with Crippen molar-refractivity contribution in [2.75, 3.05) is 51.4 Å². The SMILES string of the molecule is CC(C)CN[C@H]1CO[C@@H]2OC[C@H](OC(=O)N[C@@H](Cc3ccccc3)[C@H](O)CN(CC(C)C)S(=O)(=O)c3ccc4nc(NC5CCOCC5)sc4c3)[C@@H]21. The number of hydrogen-bond donors (Lipinski definition) is 4. The second-order valence-electron chi connectivity index (χ2n) is 14.9. The number of nitrogens with zero attached hydrogens (tertiary/aromatic N) is 2. The van der Waals surface area contributed by atoms with Gasteiger partial charge in [-0.1, -0.05) is 69.4 Å². The summed E-state index contributed by atoms with van der Waals surface area (Å²) in [5, 5.41) is 22.4. The summed E-state index contributed by atoms with van der Waals surface area (Å²) in [6, 6.07) is 13.8. The Morgan fingerprint density at radius 2 is 1.79 bits per heavy atom. The summed E-state index contributed by atoms with van der Waals surface area (Å²) in [5.41, 5.74) is 1.59. The van der Waals surface area contributed by atoms with Gasteiger partial charge in [-0.3, -0.25) is 0 Å². The zero-order chi connectivity index (χ0) is 36.8. The van der Waals surface area contributed by atoms with E-state index in [1.54, 1.807) is 18.2 Å². The predicted molar refractivity (Wildman–Crippen MR) is 200 cm³/mol. The number of hydrogen-bond acceptors (Lipinski definition) is 12. The van der Waals surface area contributed by atoms with Crippen LogP contribution >= 0.6 is 11.3 Å². The van der Waals surface area contributed by atoms with Crippen LogP contribution in [0.1, 0.15) is 46.1 Å². The molecule has 3 fully saturated rings. The largest absolute Gasteiger partial charge is 0.443 e. The van der Waals surface area contributed by atoms with Gasteiger partial charge in [-0.15, -0.1) is 0 Å². The van der Waals surface area contributed by atoms with Crippen LogP contribution in [-0.2, 0) is 35.4 Å². The monoisotopic (exact) mass is 759 g/mol. The number of aliphatic hydroxyl groups excluding tert-OH is 1. The molecular weight excluding hydrogens is 707 g/mol. The summed E-state index contributed by atoms with van der Waals surface area (Å²) < 4.78 is 53.6. The van der Waals surface area contributed by atoms with Crippen LogP contribution in [-0.4, -0.2) is 112 Å². The van der Waals surface area contributed by atoms with Gasteiger partial charge in [0.2, 0.25) is 10.0 Å². The average Bonchev–Trinajstić information content (AvgIpc) is 3.83. The highest BCUT2D eigenvalue weighted by molar-refractivity contribution is 7.89. The van der Waals surface area contributed by atoms with Crippen molar-refractivity contribution in [3.8, 4) is 0 Å². The number of fused-ring (bicyclic) bond motifs is 2. The summed E-state index contributed by atoms with van der Waals surface area (Å²) in [7, 11) is -4.05. The van der Waals surface area contributed by atoms with Gasteiger partial charge in [-0.05, 0) is 61.4 Å². The zero-order valence-electron chi connectivity index (χ0n) is 30.4. The smallest absolute Gasteiger partial charge is 0.407 e. The number of amides is 1. The molecule has 52 heavy (non-hydrogen) atoms. The first-order valence-electron chi connectivity index (χ1n) is 18.4. The van der Waals surface area contributed by atoms with E-state index in [9.17, 15) is 18.3 Å². The molecule has 3 aliphatic rings. The third kappa shape index (κ3) is 9.80. The molecule has 0 radical (unpaired) electrons. The normalized spacial score (nSPS) is 23.7. The number of alkyl carbamates (subject to hydrolysis) is 1. The maximum atomic E-state index is 14.3. The molecule has 4 heterocycles. The zero-order valence-corrected chi connectivity index (χ0v) is 32.0. The molecule has 286 valence electrons. The fraction of sp³-hybridized carbons (Fsp3) is 0.622. The summed E-state index contributed by atoms with van der Waals surface area (Å²) in [6.07, 6.45) is -0.922. The minimum atomic E-state index is -4.05. The van der Waals surface area contributed by atoms with Crippen LogP contribution in [0.2, 0.25) is 0 Å². The molecule has 3 saturated heterocycles. The van der Waals surface area contributed by atoms with Crippen molar-refractivity contribution in [2.45, 2.75) is 88.5 Å². The molecule has 2 aromatic carbocycles. The van der Waals surface area contributed by atoms with Crippen LogP contribution in [0.25, 0.3) is 10.2 Å². The van der Waals surface area contributed by atoms with E-state index < -0.39 is 40.7 Å². The first kappa shape index (κ1) is 38.8. The van der Waals surface area contributed by atoms with Gasteiger partial charge in [-0.2, -0.15) is 4.31 Å². The number of carbonyl (C=O) groups is 1. The van der Waals surface area contributed by atoms with Crippen molar-refractivity contribution in [1.82, 2.24) is 19.9 Å². The Bertz CT molecular complexity index is 1720. The maximum absolute atomic E-state index is 14.3. The van der Waals surface area contributed by atoms with Crippen LogP contribution in [0.3, 0.4) is 0 Å². The highest BCUT2D eigenvalue weighted by Gasteiger charge is 2.50. The lowest BCUT2D eigenvalue weighted by atomic mass is 9.97. The number of rotatable bonds is 16. The van der Waals surface area contributed by atoms with Gasteiger partial charge in [0.1, 0.15) is 6.10 Å². The molecule has 6 rings (SSSR count). The molecule has 0 unspecified atom stereocenters. The van der Waals surface area contributed by atoms with Crippen molar-refractivity contribution in [3.05, 3.63) is 54.1 Å². The maximum Gasteiger partial charge on any atom is 0.407 e. The number of aliphatic hydroxyl groups is 1. The summed E-state index contributed by atoms with van der Waals surface area (Å²) >= 11 is 1.42. The van der Waals surface area contributed by atoms with Crippen molar-refractivity contribution >= 4 is 42.8 Å². The Morgan fingerprint density at radius 1 is 1.04 bits per heavy atom. The van der Waals surface area contributed by atoms with E-state index in [-0.39, 0.29) is 54.9 Å². The van der Waals surface area contributed by atoms with Gasteiger partial charge < -0.3 is 40.0 Å². The van der Waals surface area contributed by atoms with Crippen LogP contribution in [0.5, 0.6) is 0 Å². The third-order valence-corrected chi connectivity index (χ3v) is 12.5. The third-order valence-electron chi connectivity index (χ3n) is 9.69. The number of thiazole rings is 1. The van der Waals surface area contributed by atoms with E-state index >= 15 is 0 Å². The number of nitrogens with one attached hydrogen (secondary N) is 3. The van der Waals surface area contributed by atoms with Crippen LogP contribution < -0.4 is 16.0 Å². The second-order valence-corrected chi connectivity index (χ2v) is 17.8. The van der Waals surface area contributed by atoms with Gasteiger partial charge >= 0.3 is 6.09 Å². The average molecular weight is 760 g/mol. The van der Waals surface area contributed by atoms with E-state index in [0.717, 1.165) is 34.8 Å². The van der Waals surface area contributed by atoms with E-state index in [0.29, 0.717) is 31.3 Å². The first-order chi connectivity index (χ1) is 25.0. The quantitative estimate of drug-likeness (QED) is 0.166. The molecule has 1 aromatic heterocycles. The van der Waals surface area contributed by atoms with Gasteiger partial charge in [0.15, 0.2) is 11.4 Å². The van der Waals surface area contributed by atoms with Gasteiger partial charge in [0, 0.05) is 38.4 Å². The highest BCUT2D eigenvalue weighted by Crippen LogP contribution is 2.34. The van der Waals surface area contributed by atoms with Crippen molar-refractivity contribution < 1.29 is 37.3 Å². The molecular formula is C37H53N5O8S2. The Hall–Kier alpha value is -2.89. The van der Waals surface area contributed by atoms with E-state index in [2.05, 4.69) is 34.8 Å². The number of benzene rings is 2. The predicted octanol–water partition coefficient (Wildman–Crippen LogP) is 4.22. The van der Waals surface area contributed by atoms with Crippen LogP contribution in [0, 0.1) is 17.8 Å². The molecule has 0 bridgehead atoms. The minimum Gasteiger partial charge on any atom is -0.443 e. The number of carbonyl (C=O) groups excluding carboxylic acids is 1. The lowest BCUT2D eigenvalue weighted by molar-refractivity contribution is -0.0908. The number of aromatic nitrogens is 1. The van der Waals surface area contributed by atoms with E-state index in [1.165, 1.54) is 15.6 Å². The van der Waals surface area contributed by atoms with Crippen molar-refractivity contribution in [1.29, 1.82) is 0 Å². The molecule has 3 aliphatic heterocycles. The van der Waals surface area contributed by atoms with E-state index in [1.807, 2.05) is 44.2 Å². The van der Waals surface area contributed by atoms with E-state index in [4.69, 9.17) is 18.9 Å². The summed E-state index contributed by atoms with van der Waals surface area (Å²) in [6.45, 7) is 10.9. The molecule has 13 nitrogen and oxygen atoms in total. The second kappa shape index (κ2) is 17.5. The topological polar surface area (TPSA) is 161 Å². The molecule has 6 atom stereocenters. The first-order valence-corrected chi connectivity index (χ1v) is 20.6. The number of anilines is 1. The Kier molecular flexibility index (Phi) is 13.1.